The zero-order valence-corrected chi connectivity index (χ0v) is 23.4. The van der Waals surface area contributed by atoms with E-state index in [1.165, 1.54) is 6.07 Å². The lowest BCUT2D eigenvalue weighted by atomic mass is 10.1. The number of aromatic nitrogens is 2. The Balaban J connectivity index is 1.39. The molecule has 1 N–H and O–H groups in total. The Kier molecular flexibility index (Phi) is 9.03. The number of benzene rings is 4. The second-order valence-corrected chi connectivity index (χ2v) is 10.3. The summed E-state index contributed by atoms with van der Waals surface area (Å²) in [6.07, 6.45) is -3.59. The fourth-order valence-electron chi connectivity index (χ4n) is 4.64. The van der Waals surface area contributed by atoms with Crippen LogP contribution in [0.3, 0.4) is 0 Å². The van der Waals surface area contributed by atoms with Crippen molar-refractivity contribution in [1.82, 2.24) is 15.3 Å². The summed E-state index contributed by atoms with van der Waals surface area (Å²) in [6.45, 7) is 0.943. The maximum atomic E-state index is 13.1. The molecule has 0 radical (unpaired) electrons. The standard InChI is InChI=1S/C33H28ClF3N4O/c34-27-15-13-25(14-16-27)31-39-29-12-5-4-11-28(29)32(40-31)41(19-17-23-7-2-1-3-8-23)20-18-30(42)38-22-24-9-6-10-26(21-24)33(35,36)37/h1-16,21H,17-20,22H2,(H,38,42). The van der Waals surface area contributed by atoms with Gasteiger partial charge >= 0.3 is 6.18 Å². The lowest BCUT2D eigenvalue weighted by Gasteiger charge is -2.25. The molecule has 0 aliphatic heterocycles. The van der Waals surface area contributed by atoms with E-state index in [9.17, 15) is 18.0 Å². The van der Waals surface area contributed by atoms with Crippen molar-refractivity contribution in [3.63, 3.8) is 0 Å². The molecule has 0 bridgehead atoms. The highest BCUT2D eigenvalue weighted by molar-refractivity contribution is 6.30. The largest absolute Gasteiger partial charge is 0.416 e. The third-order valence-electron chi connectivity index (χ3n) is 6.85. The summed E-state index contributed by atoms with van der Waals surface area (Å²) in [6, 6.07) is 30.1. The van der Waals surface area contributed by atoms with Gasteiger partial charge < -0.3 is 10.2 Å². The molecule has 1 aromatic heterocycles. The normalized spacial score (nSPS) is 11.4. The predicted octanol–water partition coefficient (Wildman–Crippen LogP) is 7.72. The number of amides is 1. The minimum absolute atomic E-state index is 0.00389. The minimum atomic E-state index is -4.44. The Morgan fingerprint density at radius 1 is 0.810 bits per heavy atom. The third kappa shape index (κ3) is 7.44. The van der Waals surface area contributed by atoms with Gasteiger partial charge in [-0.15, -0.1) is 0 Å². The number of fused-ring (bicyclic) bond motifs is 1. The lowest BCUT2D eigenvalue weighted by molar-refractivity contribution is -0.137. The summed E-state index contributed by atoms with van der Waals surface area (Å²) in [5.41, 5.74) is 2.37. The molecule has 9 heteroatoms. The van der Waals surface area contributed by atoms with Gasteiger partial charge in [0, 0.05) is 42.0 Å². The summed E-state index contributed by atoms with van der Waals surface area (Å²) in [7, 11) is 0. The monoisotopic (exact) mass is 588 g/mol. The maximum absolute atomic E-state index is 13.1. The van der Waals surface area contributed by atoms with Crippen molar-refractivity contribution in [2.24, 2.45) is 0 Å². The Hall–Kier alpha value is -4.43. The topological polar surface area (TPSA) is 58.1 Å². The van der Waals surface area contributed by atoms with Gasteiger partial charge in [-0.3, -0.25) is 4.79 Å². The van der Waals surface area contributed by atoms with Gasteiger partial charge in [0.1, 0.15) is 5.82 Å². The van der Waals surface area contributed by atoms with Crippen LogP contribution in [0.1, 0.15) is 23.1 Å². The molecule has 0 aliphatic rings. The van der Waals surface area contributed by atoms with E-state index in [0.29, 0.717) is 35.3 Å². The summed E-state index contributed by atoms with van der Waals surface area (Å²) >= 11 is 6.10. The van der Waals surface area contributed by atoms with Crippen LogP contribution in [0, 0.1) is 0 Å². The second kappa shape index (κ2) is 13.0. The first kappa shape index (κ1) is 29.1. The number of hydrogen-bond donors (Lipinski definition) is 1. The molecule has 5 aromatic rings. The number of nitrogens with zero attached hydrogens (tertiary/aromatic N) is 3. The smallest absolute Gasteiger partial charge is 0.355 e. The molecule has 0 saturated heterocycles. The van der Waals surface area contributed by atoms with Crippen LogP contribution in [0.4, 0.5) is 19.0 Å². The predicted molar refractivity (Wildman–Crippen MR) is 160 cm³/mol. The third-order valence-corrected chi connectivity index (χ3v) is 7.10. The van der Waals surface area contributed by atoms with Crippen LogP contribution in [0.15, 0.2) is 103 Å². The van der Waals surface area contributed by atoms with Gasteiger partial charge in [0.05, 0.1) is 11.1 Å². The van der Waals surface area contributed by atoms with Crippen LogP contribution in [0.2, 0.25) is 5.02 Å². The molecule has 0 spiro atoms. The molecule has 0 saturated carbocycles. The summed E-state index contributed by atoms with van der Waals surface area (Å²) in [5, 5.41) is 4.23. The highest BCUT2D eigenvalue weighted by Gasteiger charge is 2.30. The Morgan fingerprint density at radius 2 is 1.52 bits per heavy atom. The zero-order chi connectivity index (χ0) is 29.5. The van der Waals surface area contributed by atoms with E-state index in [2.05, 4.69) is 22.3 Å². The highest BCUT2D eigenvalue weighted by Crippen LogP contribution is 2.30. The molecule has 1 heterocycles. The summed E-state index contributed by atoms with van der Waals surface area (Å²) in [5.74, 6) is 0.972. The molecule has 1 amide bonds. The van der Waals surface area contributed by atoms with Crippen molar-refractivity contribution in [2.45, 2.75) is 25.6 Å². The van der Waals surface area contributed by atoms with E-state index in [1.54, 1.807) is 18.2 Å². The molecule has 5 nitrogen and oxygen atoms in total. The van der Waals surface area contributed by atoms with Crippen LogP contribution < -0.4 is 10.2 Å². The first-order valence-corrected chi connectivity index (χ1v) is 13.9. The first-order chi connectivity index (χ1) is 20.3. The van der Waals surface area contributed by atoms with Crippen molar-refractivity contribution in [3.8, 4) is 11.4 Å². The summed E-state index contributed by atoms with van der Waals surface area (Å²) in [4.78, 5) is 24.7. The lowest BCUT2D eigenvalue weighted by Crippen LogP contribution is -2.33. The van der Waals surface area contributed by atoms with Crippen LogP contribution in [0.25, 0.3) is 22.3 Å². The molecule has 0 aliphatic carbocycles. The van der Waals surface area contributed by atoms with Crippen molar-refractivity contribution < 1.29 is 18.0 Å². The van der Waals surface area contributed by atoms with Gasteiger partial charge in [-0.1, -0.05) is 66.2 Å². The number of alkyl halides is 3. The molecule has 0 unspecified atom stereocenters. The zero-order valence-electron chi connectivity index (χ0n) is 22.6. The van der Waals surface area contributed by atoms with Crippen molar-refractivity contribution in [2.75, 3.05) is 18.0 Å². The molecular formula is C33H28ClF3N4O. The summed E-state index contributed by atoms with van der Waals surface area (Å²) < 4.78 is 39.3. The van der Waals surface area contributed by atoms with Crippen LogP contribution in [-0.4, -0.2) is 29.0 Å². The second-order valence-electron chi connectivity index (χ2n) is 9.84. The molecule has 5 rings (SSSR count). The van der Waals surface area contributed by atoms with E-state index in [1.807, 2.05) is 54.6 Å². The number of anilines is 1. The Morgan fingerprint density at radius 3 is 2.29 bits per heavy atom. The number of hydrogen-bond acceptors (Lipinski definition) is 4. The Labute approximate surface area is 247 Å². The fraction of sp³-hybridized carbons (Fsp3) is 0.182. The molecule has 214 valence electrons. The van der Waals surface area contributed by atoms with Crippen molar-refractivity contribution >= 4 is 34.2 Å². The molecular weight excluding hydrogens is 561 g/mol. The van der Waals surface area contributed by atoms with Crippen LogP contribution in [0.5, 0.6) is 0 Å². The van der Waals surface area contributed by atoms with Gasteiger partial charge in [-0.05, 0) is 66.1 Å². The molecule has 4 aromatic carbocycles. The van der Waals surface area contributed by atoms with Crippen LogP contribution >= 0.6 is 11.6 Å². The number of rotatable bonds is 10. The SMILES string of the molecule is O=C(CCN(CCc1ccccc1)c1nc(-c2ccc(Cl)cc2)nc2ccccc12)NCc1cccc(C(F)(F)F)c1. The fourth-order valence-corrected chi connectivity index (χ4v) is 4.77. The van der Waals surface area contributed by atoms with Gasteiger partial charge in [0.25, 0.3) is 0 Å². The van der Waals surface area contributed by atoms with Crippen LogP contribution in [-0.2, 0) is 23.9 Å². The van der Waals surface area contributed by atoms with Gasteiger partial charge in [-0.25, -0.2) is 9.97 Å². The van der Waals surface area contributed by atoms with E-state index in [4.69, 9.17) is 21.6 Å². The van der Waals surface area contributed by atoms with Gasteiger partial charge in [0.2, 0.25) is 5.91 Å². The average Bonchev–Trinajstić information content (AvgIpc) is 3.00. The van der Waals surface area contributed by atoms with E-state index >= 15 is 0 Å². The molecule has 42 heavy (non-hydrogen) atoms. The van der Waals surface area contributed by atoms with Gasteiger partial charge in [0.15, 0.2) is 5.82 Å². The van der Waals surface area contributed by atoms with Crippen molar-refractivity contribution in [1.29, 1.82) is 0 Å². The molecule has 0 atom stereocenters. The Bertz CT molecular complexity index is 1660. The quantitative estimate of drug-likeness (QED) is 0.181. The number of carbonyl (C=O) groups excluding carboxylic acids is 1. The highest BCUT2D eigenvalue weighted by atomic mass is 35.5. The number of halogens is 4. The number of nitrogens with one attached hydrogen (secondary N) is 1. The maximum Gasteiger partial charge on any atom is 0.416 e. The molecule has 0 fully saturated rings. The van der Waals surface area contributed by atoms with E-state index < -0.39 is 11.7 Å². The first-order valence-electron chi connectivity index (χ1n) is 13.5. The average molecular weight is 589 g/mol. The number of carbonyl (C=O) groups is 1. The number of para-hydroxylation sites is 1. The van der Waals surface area contributed by atoms with E-state index in [0.717, 1.165) is 40.6 Å². The van der Waals surface area contributed by atoms with Crippen molar-refractivity contribution in [3.05, 3.63) is 125 Å². The van der Waals surface area contributed by atoms with Gasteiger partial charge in [-0.2, -0.15) is 13.2 Å². The van der Waals surface area contributed by atoms with E-state index in [-0.39, 0.29) is 18.9 Å². The minimum Gasteiger partial charge on any atom is -0.355 e.